The highest BCUT2D eigenvalue weighted by molar-refractivity contribution is 9.10. The first kappa shape index (κ1) is 28.1. The summed E-state index contributed by atoms with van der Waals surface area (Å²) in [5.74, 6) is -2.28. The zero-order valence-electron chi connectivity index (χ0n) is 19.7. The maximum Gasteiger partial charge on any atom is 0.416 e. The Morgan fingerprint density at radius 3 is 2.39 bits per heavy atom. The molecule has 0 spiro atoms. The van der Waals surface area contributed by atoms with E-state index in [1.54, 1.807) is 24.3 Å². The van der Waals surface area contributed by atoms with Gasteiger partial charge in [-0.15, -0.1) is 0 Å². The second-order valence-corrected chi connectivity index (χ2v) is 11.8. The van der Waals surface area contributed by atoms with Gasteiger partial charge in [0.05, 0.1) is 34.2 Å². The van der Waals surface area contributed by atoms with Crippen molar-refractivity contribution in [3.05, 3.63) is 94.2 Å². The van der Waals surface area contributed by atoms with Gasteiger partial charge in [-0.1, -0.05) is 52.3 Å². The number of hydrogen-bond donors (Lipinski definition) is 1. The second kappa shape index (κ2) is 10.7. The molecule has 3 aromatic rings. The van der Waals surface area contributed by atoms with Crippen molar-refractivity contribution in [1.82, 2.24) is 0 Å². The molecule has 1 N–H and O–H groups in total. The van der Waals surface area contributed by atoms with Gasteiger partial charge in [-0.25, -0.2) is 12.8 Å². The monoisotopic (exact) mass is 615 g/mol. The first-order valence-electron chi connectivity index (χ1n) is 11.4. The lowest BCUT2D eigenvalue weighted by Gasteiger charge is -2.44. The molecule has 0 bridgehead atoms. The maximum atomic E-state index is 14.8. The Morgan fingerprint density at radius 1 is 1.05 bits per heavy atom. The molecule has 6 nitrogen and oxygen atoms in total. The fraction of sp³-hybridized carbons (Fsp3) is 0.269. The van der Waals surface area contributed by atoms with Gasteiger partial charge in [0.2, 0.25) is 0 Å². The third-order valence-corrected chi connectivity index (χ3v) is 8.42. The van der Waals surface area contributed by atoms with Gasteiger partial charge in [0.15, 0.2) is 0 Å². The summed E-state index contributed by atoms with van der Waals surface area (Å²) in [6.45, 7) is -0.671. The molecule has 0 aliphatic heterocycles. The van der Waals surface area contributed by atoms with Gasteiger partial charge in [-0.3, -0.25) is 9.10 Å². The van der Waals surface area contributed by atoms with Gasteiger partial charge in [0.1, 0.15) is 12.4 Å². The third kappa shape index (κ3) is 6.19. The molecule has 1 aliphatic carbocycles. The van der Waals surface area contributed by atoms with Crippen LogP contribution in [0.25, 0.3) is 0 Å². The number of ether oxygens (including phenoxy) is 1. The van der Waals surface area contributed by atoms with E-state index in [2.05, 4.69) is 15.9 Å². The Bertz CT molecular complexity index is 1430. The largest absolute Gasteiger partial charge is 0.461 e. The molecule has 0 amide bonds. The van der Waals surface area contributed by atoms with Crippen LogP contribution in [0.2, 0.25) is 0 Å². The summed E-state index contributed by atoms with van der Waals surface area (Å²) in [5.41, 5.74) is -2.66. The standard InChI is InChI=1S/C26H22BrF4NO5S/c27-20-9-10-22(28)23(12-20)32(38(35,36)21-8-4-7-19(11-21)26(29,30)31)16-25(34)13-18(14-25)24(33)37-15-17-5-2-1-3-6-17/h1-12,18,34H,13-16H2. The molecule has 0 saturated heterocycles. The molecule has 0 heterocycles. The van der Waals surface area contributed by atoms with Crippen LogP contribution in [0.4, 0.5) is 23.2 Å². The molecular formula is C26H22BrF4NO5S. The number of nitrogens with zero attached hydrogens (tertiary/aromatic N) is 1. The number of rotatable bonds is 8. The molecule has 1 saturated carbocycles. The minimum atomic E-state index is -4.81. The van der Waals surface area contributed by atoms with Gasteiger partial charge < -0.3 is 9.84 Å². The van der Waals surface area contributed by atoms with Crippen molar-refractivity contribution in [2.75, 3.05) is 10.8 Å². The van der Waals surface area contributed by atoms with E-state index in [1.807, 2.05) is 6.07 Å². The first-order chi connectivity index (χ1) is 17.8. The summed E-state index contributed by atoms with van der Waals surface area (Å²) in [4.78, 5) is 11.7. The Hall–Kier alpha value is -2.96. The molecule has 202 valence electrons. The molecule has 1 aliphatic rings. The fourth-order valence-electron chi connectivity index (χ4n) is 4.20. The van der Waals surface area contributed by atoms with Crippen LogP contribution in [-0.4, -0.2) is 31.6 Å². The number of sulfonamides is 1. The summed E-state index contributed by atoms with van der Waals surface area (Å²) in [6, 6.07) is 15.4. The highest BCUT2D eigenvalue weighted by Crippen LogP contribution is 2.42. The number of benzene rings is 3. The molecule has 0 radical (unpaired) electrons. The van der Waals surface area contributed by atoms with Crippen LogP contribution in [0.15, 0.2) is 82.2 Å². The van der Waals surface area contributed by atoms with Crippen molar-refractivity contribution in [3.8, 4) is 0 Å². The van der Waals surface area contributed by atoms with Gasteiger partial charge in [-0.05, 0) is 54.8 Å². The number of alkyl halides is 3. The predicted octanol–water partition coefficient (Wildman–Crippen LogP) is 5.69. The number of carbonyl (C=O) groups is 1. The quantitative estimate of drug-likeness (QED) is 0.260. The van der Waals surface area contributed by atoms with Crippen LogP contribution in [0.1, 0.15) is 24.0 Å². The smallest absolute Gasteiger partial charge is 0.416 e. The van der Waals surface area contributed by atoms with Crippen LogP contribution in [0.3, 0.4) is 0 Å². The van der Waals surface area contributed by atoms with Crippen LogP contribution in [0, 0.1) is 11.7 Å². The normalized spacial score (nSPS) is 19.5. The summed E-state index contributed by atoms with van der Waals surface area (Å²) >= 11 is 3.14. The minimum Gasteiger partial charge on any atom is -0.461 e. The van der Waals surface area contributed by atoms with Gasteiger partial charge >= 0.3 is 12.1 Å². The van der Waals surface area contributed by atoms with E-state index in [0.717, 1.165) is 29.8 Å². The summed E-state index contributed by atoms with van der Waals surface area (Å²) in [6.07, 6.45) is -5.16. The van der Waals surface area contributed by atoms with E-state index in [9.17, 15) is 35.9 Å². The highest BCUT2D eigenvalue weighted by atomic mass is 79.9. The van der Waals surface area contributed by atoms with E-state index in [0.29, 0.717) is 20.9 Å². The van der Waals surface area contributed by atoms with Crippen LogP contribution in [-0.2, 0) is 32.3 Å². The Balaban J connectivity index is 1.58. The van der Waals surface area contributed by atoms with E-state index < -0.39 is 62.2 Å². The Labute approximate surface area is 225 Å². The SMILES string of the molecule is O=C(OCc1ccccc1)C1CC(O)(CN(c2cc(Br)ccc2F)S(=O)(=O)c2cccc(C(F)(F)F)c2)C1. The lowest BCUT2D eigenvalue weighted by atomic mass is 9.71. The molecule has 12 heteroatoms. The summed E-state index contributed by atoms with van der Waals surface area (Å²) in [5, 5.41) is 11.1. The lowest BCUT2D eigenvalue weighted by Crippen LogP contribution is -2.55. The molecule has 3 aromatic carbocycles. The van der Waals surface area contributed by atoms with Gasteiger partial charge in [0.25, 0.3) is 10.0 Å². The average Bonchev–Trinajstić information content (AvgIpc) is 2.86. The zero-order chi connectivity index (χ0) is 27.7. The molecule has 38 heavy (non-hydrogen) atoms. The van der Waals surface area contributed by atoms with Crippen LogP contribution < -0.4 is 4.31 Å². The van der Waals surface area contributed by atoms with Crippen LogP contribution >= 0.6 is 15.9 Å². The number of anilines is 1. The van der Waals surface area contributed by atoms with Crippen molar-refractivity contribution in [3.63, 3.8) is 0 Å². The Morgan fingerprint density at radius 2 is 1.74 bits per heavy atom. The molecule has 0 aromatic heterocycles. The van der Waals surface area contributed by atoms with Crippen molar-refractivity contribution >= 4 is 37.6 Å². The van der Waals surface area contributed by atoms with E-state index in [-0.39, 0.29) is 19.4 Å². The van der Waals surface area contributed by atoms with Gasteiger partial charge in [0, 0.05) is 4.47 Å². The van der Waals surface area contributed by atoms with Crippen molar-refractivity contribution in [2.45, 2.75) is 36.1 Å². The predicted molar refractivity (Wildman–Crippen MR) is 134 cm³/mol. The molecule has 4 rings (SSSR count). The number of hydrogen-bond acceptors (Lipinski definition) is 5. The number of carbonyl (C=O) groups excluding carboxylic acids is 1. The van der Waals surface area contributed by atoms with Crippen molar-refractivity contribution in [1.29, 1.82) is 0 Å². The highest BCUT2D eigenvalue weighted by Gasteiger charge is 2.50. The molecule has 1 fully saturated rings. The number of aliphatic hydroxyl groups is 1. The van der Waals surface area contributed by atoms with Crippen molar-refractivity contribution in [2.24, 2.45) is 5.92 Å². The lowest BCUT2D eigenvalue weighted by molar-refractivity contribution is -0.164. The fourth-order valence-corrected chi connectivity index (χ4v) is 6.14. The summed E-state index contributed by atoms with van der Waals surface area (Å²) in [7, 11) is -4.77. The molecule has 0 atom stereocenters. The zero-order valence-corrected chi connectivity index (χ0v) is 22.1. The van der Waals surface area contributed by atoms with E-state index in [4.69, 9.17) is 4.74 Å². The third-order valence-electron chi connectivity index (χ3n) is 6.17. The van der Waals surface area contributed by atoms with Gasteiger partial charge in [-0.2, -0.15) is 13.2 Å². The van der Waals surface area contributed by atoms with E-state index >= 15 is 0 Å². The number of esters is 1. The molecular weight excluding hydrogens is 594 g/mol. The first-order valence-corrected chi connectivity index (χ1v) is 13.6. The minimum absolute atomic E-state index is 0.0217. The summed E-state index contributed by atoms with van der Waals surface area (Å²) < 4.78 is 87.8. The number of halogens is 5. The van der Waals surface area contributed by atoms with Crippen molar-refractivity contribution < 1.29 is 40.6 Å². The topological polar surface area (TPSA) is 83.9 Å². The molecule has 0 unspecified atom stereocenters. The van der Waals surface area contributed by atoms with E-state index in [1.165, 1.54) is 6.07 Å². The maximum absolute atomic E-state index is 14.8. The second-order valence-electron chi connectivity index (χ2n) is 9.06. The van der Waals surface area contributed by atoms with Crippen LogP contribution in [0.5, 0.6) is 0 Å². The average molecular weight is 616 g/mol. The Kier molecular flexibility index (Phi) is 7.87.